The molecule has 1 aromatic carbocycles. The molecule has 2 unspecified atom stereocenters. The van der Waals surface area contributed by atoms with Crippen molar-refractivity contribution < 1.29 is 4.79 Å². The number of amides is 1. The van der Waals surface area contributed by atoms with Gasteiger partial charge in [-0.25, -0.2) is 0 Å². The minimum Gasteiger partial charge on any atom is -0.351 e. The lowest BCUT2D eigenvalue weighted by Crippen LogP contribution is -2.50. The second-order valence-corrected chi connectivity index (χ2v) is 6.29. The van der Waals surface area contributed by atoms with E-state index in [4.69, 9.17) is 0 Å². The zero-order valence-electron chi connectivity index (χ0n) is 11.6. The largest absolute Gasteiger partial charge is 0.351 e. The lowest BCUT2D eigenvalue weighted by atomic mass is 9.95. The van der Waals surface area contributed by atoms with E-state index in [1.54, 1.807) is 11.8 Å². The van der Waals surface area contributed by atoms with Crippen LogP contribution in [0.15, 0.2) is 29.2 Å². The molecule has 2 N–H and O–H groups in total. The number of hydrogen-bond acceptors (Lipinski definition) is 3. The molecule has 1 heterocycles. The molecular formula is C15H22N2OS. The summed E-state index contributed by atoms with van der Waals surface area (Å²) in [5.41, 5.74) is 1.25. The lowest BCUT2D eigenvalue weighted by molar-refractivity contribution is -0.119. The predicted octanol–water partition coefficient (Wildman–Crippen LogP) is 2.20. The molecule has 0 saturated carbocycles. The van der Waals surface area contributed by atoms with Crippen molar-refractivity contribution in [1.29, 1.82) is 0 Å². The molecule has 0 aliphatic carbocycles. The third kappa shape index (κ3) is 4.55. The van der Waals surface area contributed by atoms with Crippen LogP contribution in [-0.4, -0.2) is 30.8 Å². The number of aryl methyl sites for hydroxylation is 1. The Morgan fingerprint density at radius 2 is 2.16 bits per heavy atom. The van der Waals surface area contributed by atoms with Crippen molar-refractivity contribution in [2.24, 2.45) is 5.92 Å². The minimum atomic E-state index is 0.131. The predicted molar refractivity (Wildman–Crippen MR) is 80.5 cm³/mol. The van der Waals surface area contributed by atoms with E-state index in [1.807, 2.05) is 0 Å². The van der Waals surface area contributed by atoms with Crippen LogP contribution in [0.1, 0.15) is 18.9 Å². The normalized spacial score (nSPS) is 23.1. The topological polar surface area (TPSA) is 41.1 Å². The maximum Gasteiger partial charge on any atom is 0.230 e. The van der Waals surface area contributed by atoms with Crippen LogP contribution in [0.5, 0.6) is 0 Å². The van der Waals surface area contributed by atoms with Crippen molar-refractivity contribution in [2.45, 2.75) is 31.2 Å². The SMILES string of the molecule is Cc1ccc(SCC(=O)NC2CNCCC2C)cc1. The van der Waals surface area contributed by atoms with Crippen LogP contribution in [0.2, 0.25) is 0 Å². The summed E-state index contributed by atoms with van der Waals surface area (Å²) in [6.07, 6.45) is 1.13. The van der Waals surface area contributed by atoms with Crippen LogP contribution in [-0.2, 0) is 4.79 Å². The molecule has 0 spiro atoms. The second kappa shape index (κ2) is 6.96. The average Bonchev–Trinajstić information content (AvgIpc) is 2.41. The summed E-state index contributed by atoms with van der Waals surface area (Å²) in [6.45, 7) is 6.23. The van der Waals surface area contributed by atoms with Gasteiger partial charge < -0.3 is 10.6 Å². The third-order valence-corrected chi connectivity index (χ3v) is 4.58. The van der Waals surface area contributed by atoms with Crippen LogP contribution < -0.4 is 10.6 Å². The van der Waals surface area contributed by atoms with Gasteiger partial charge in [-0.1, -0.05) is 24.6 Å². The first-order valence-electron chi connectivity index (χ1n) is 6.84. The first-order chi connectivity index (χ1) is 9.15. The maximum absolute atomic E-state index is 11.9. The monoisotopic (exact) mass is 278 g/mol. The molecule has 0 aromatic heterocycles. The Kier molecular flexibility index (Phi) is 5.28. The van der Waals surface area contributed by atoms with Crippen molar-refractivity contribution in [3.8, 4) is 0 Å². The van der Waals surface area contributed by atoms with Crippen LogP contribution in [0.4, 0.5) is 0 Å². The summed E-state index contributed by atoms with van der Waals surface area (Å²) >= 11 is 1.59. The number of piperidine rings is 1. The number of carbonyl (C=O) groups excluding carboxylic acids is 1. The van der Waals surface area contributed by atoms with E-state index in [1.165, 1.54) is 5.56 Å². The highest BCUT2D eigenvalue weighted by Gasteiger charge is 2.22. The molecule has 2 atom stereocenters. The number of rotatable bonds is 4. The number of benzene rings is 1. The van der Waals surface area contributed by atoms with Gasteiger partial charge >= 0.3 is 0 Å². The van der Waals surface area contributed by atoms with E-state index >= 15 is 0 Å². The molecule has 0 radical (unpaired) electrons. The van der Waals surface area contributed by atoms with Crippen LogP contribution in [0, 0.1) is 12.8 Å². The van der Waals surface area contributed by atoms with Crippen LogP contribution in [0.3, 0.4) is 0 Å². The fourth-order valence-electron chi connectivity index (χ4n) is 2.21. The molecular weight excluding hydrogens is 256 g/mol. The molecule has 2 rings (SSSR count). The van der Waals surface area contributed by atoms with Gasteiger partial charge in [-0.3, -0.25) is 4.79 Å². The van der Waals surface area contributed by atoms with Crippen LogP contribution >= 0.6 is 11.8 Å². The Labute approximate surface area is 119 Å². The third-order valence-electron chi connectivity index (χ3n) is 3.56. The molecule has 1 fully saturated rings. The fourth-order valence-corrected chi connectivity index (χ4v) is 2.92. The van der Waals surface area contributed by atoms with Crippen molar-refractivity contribution in [3.05, 3.63) is 29.8 Å². The number of thioether (sulfide) groups is 1. The van der Waals surface area contributed by atoms with Gasteiger partial charge in [-0.05, 0) is 37.9 Å². The van der Waals surface area contributed by atoms with Gasteiger partial charge in [0.2, 0.25) is 5.91 Å². The smallest absolute Gasteiger partial charge is 0.230 e. The molecule has 1 amide bonds. The van der Waals surface area contributed by atoms with Gasteiger partial charge in [0.1, 0.15) is 0 Å². The molecule has 1 aliphatic heterocycles. The molecule has 1 aromatic rings. The van der Waals surface area contributed by atoms with Gasteiger partial charge in [0.15, 0.2) is 0 Å². The molecule has 1 aliphatic rings. The Morgan fingerprint density at radius 3 is 2.84 bits per heavy atom. The first-order valence-corrected chi connectivity index (χ1v) is 7.83. The van der Waals surface area contributed by atoms with Gasteiger partial charge in [0.25, 0.3) is 0 Å². The van der Waals surface area contributed by atoms with Gasteiger partial charge in [-0.2, -0.15) is 0 Å². The van der Waals surface area contributed by atoms with Crippen molar-refractivity contribution in [3.63, 3.8) is 0 Å². The van der Waals surface area contributed by atoms with E-state index in [0.717, 1.165) is 24.4 Å². The van der Waals surface area contributed by atoms with E-state index in [9.17, 15) is 4.79 Å². The highest BCUT2D eigenvalue weighted by atomic mass is 32.2. The standard InChI is InChI=1S/C15H22N2OS/c1-11-3-5-13(6-4-11)19-10-15(18)17-14-9-16-8-7-12(14)2/h3-6,12,14,16H,7-10H2,1-2H3,(H,17,18). The summed E-state index contributed by atoms with van der Waals surface area (Å²) in [7, 11) is 0. The zero-order chi connectivity index (χ0) is 13.7. The zero-order valence-corrected chi connectivity index (χ0v) is 12.4. The summed E-state index contributed by atoms with van der Waals surface area (Å²) in [5.74, 6) is 1.19. The quantitative estimate of drug-likeness (QED) is 0.830. The average molecular weight is 278 g/mol. The summed E-state index contributed by atoms with van der Waals surface area (Å²) < 4.78 is 0. The van der Waals surface area contributed by atoms with E-state index < -0.39 is 0 Å². The first kappa shape index (κ1) is 14.4. The summed E-state index contributed by atoms with van der Waals surface area (Å²) in [5, 5.41) is 6.46. The van der Waals surface area contributed by atoms with E-state index in [0.29, 0.717) is 11.7 Å². The second-order valence-electron chi connectivity index (χ2n) is 5.25. The van der Waals surface area contributed by atoms with Gasteiger partial charge in [0, 0.05) is 17.5 Å². The Morgan fingerprint density at radius 1 is 1.42 bits per heavy atom. The molecule has 0 bridgehead atoms. The van der Waals surface area contributed by atoms with Crippen molar-refractivity contribution >= 4 is 17.7 Å². The van der Waals surface area contributed by atoms with Crippen molar-refractivity contribution in [2.75, 3.05) is 18.8 Å². The maximum atomic E-state index is 11.9. The summed E-state index contributed by atoms with van der Waals surface area (Å²) in [4.78, 5) is 13.1. The highest BCUT2D eigenvalue weighted by molar-refractivity contribution is 8.00. The molecule has 4 heteroatoms. The van der Waals surface area contributed by atoms with E-state index in [2.05, 4.69) is 48.7 Å². The Balaban J connectivity index is 1.76. The molecule has 3 nitrogen and oxygen atoms in total. The van der Waals surface area contributed by atoms with Gasteiger partial charge in [0.05, 0.1) is 5.75 Å². The van der Waals surface area contributed by atoms with E-state index in [-0.39, 0.29) is 11.9 Å². The summed E-state index contributed by atoms with van der Waals surface area (Å²) in [6, 6.07) is 8.57. The molecule has 104 valence electrons. The molecule has 19 heavy (non-hydrogen) atoms. The number of nitrogens with one attached hydrogen (secondary N) is 2. The van der Waals surface area contributed by atoms with Gasteiger partial charge in [-0.15, -0.1) is 11.8 Å². The lowest BCUT2D eigenvalue weighted by Gasteiger charge is -2.30. The Hall–Kier alpha value is -1.00. The number of hydrogen-bond donors (Lipinski definition) is 2. The fraction of sp³-hybridized carbons (Fsp3) is 0.533. The number of carbonyl (C=O) groups is 1. The molecule has 1 saturated heterocycles. The minimum absolute atomic E-state index is 0.131. The Bertz CT molecular complexity index is 419. The van der Waals surface area contributed by atoms with Crippen LogP contribution in [0.25, 0.3) is 0 Å². The van der Waals surface area contributed by atoms with Crippen molar-refractivity contribution in [1.82, 2.24) is 10.6 Å². The highest BCUT2D eigenvalue weighted by Crippen LogP contribution is 2.18.